The van der Waals surface area contributed by atoms with Crippen LogP contribution in [0.3, 0.4) is 0 Å². The van der Waals surface area contributed by atoms with Crippen molar-refractivity contribution in [1.82, 2.24) is 5.01 Å². The van der Waals surface area contributed by atoms with Gasteiger partial charge in [0.05, 0.1) is 0 Å². The minimum atomic E-state index is -3.50. The average Bonchev–Trinajstić information content (AvgIpc) is 2.78. The van der Waals surface area contributed by atoms with Gasteiger partial charge >= 0.3 is 0 Å². The number of amides is 1. The Balaban J connectivity index is 2.38. The Hall–Kier alpha value is -2.03. The number of aliphatic hydroxyl groups is 1. The molecule has 9 heteroatoms. The van der Waals surface area contributed by atoms with E-state index in [0.29, 0.717) is 0 Å². The minimum Gasteiger partial charge on any atom is -0.364 e. The van der Waals surface area contributed by atoms with Gasteiger partial charge in [0.1, 0.15) is 11.5 Å². The van der Waals surface area contributed by atoms with Crippen molar-refractivity contribution in [1.29, 1.82) is 0 Å². The van der Waals surface area contributed by atoms with Crippen LogP contribution in [-0.2, 0) is 0 Å². The van der Waals surface area contributed by atoms with Gasteiger partial charge in [-0.2, -0.15) is 10.1 Å². The van der Waals surface area contributed by atoms with Gasteiger partial charge in [0.2, 0.25) is 5.72 Å². The molecule has 1 heterocycles. The summed E-state index contributed by atoms with van der Waals surface area (Å²) in [6.07, 6.45) is -7.84. The third-order valence-electron chi connectivity index (χ3n) is 2.92. The number of alkyl halides is 4. The Morgan fingerprint density at radius 2 is 1.81 bits per heavy atom. The second-order valence-electron chi connectivity index (χ2n) is 4.37. The Kier molecular flexibility index (Phi) is 3.95. The van der Waals surface area contributed by atoms with E-state index in [-0.39, 0.29) is 10.6 Å². The Morgan fingerprint density at radius 3 is 2.29 bits per heavy atom. The van der Waals surface area contributed by atoms with Crippen LogP contribution in [0.1, 0.15) is 16.8 Å². The maximum absolute atomic E-state index is 12.9. The van der Waals surface area contributed by atoms with E-state index in [4.69, 9.17) is 0 Å². The Labute approximate surface area is 115 Å². The maximum Gasteiger partial charge on any atom is 0.287 e. The molecule has 0 bridgehead atoms. The lowest BCUT2D eigenvalue weighted by atomic mass is 10.1. The zero-order valence-electron chi connectivity index (χ0n) is 10.3. The van der Waals surface area contributed by atoms with Crippen LogP contribution in [0.5, 0.6) is 0 Å². The summed E-state index contributed by atoms with van der Waals surface area (Å²) in [4.78, 5) is 12.0. The summed E-state index contributed by atoms with van der Waals surface area (Å²) in [5.41, 5.74) is -4.43. The first-order valence-corrected chi connectivity index (χ1v) is 5.72. The fourth-order valence-electron chi connectivity index (χ4n) is 1.82. The molecular formula is C12H9F5N2O2. The summed E-state index contributed by atoms with van der Waals surface area (Å²) in [5, 5.41) is 12.8. The van der Waals surface area contributed by atoms with Crippen molar-refractivity contribution in [3.8, 4) is 0 Å². The monoisotopic (exact) mass is 308 g/mol. The van der Waals surface area contributed by atoms with E-state index in [1.54, 1.807) is 0 Å². The lowest BCUT2D eigenvalue weighted by Crippen LogP contribution is -2.51. The molecule has 0 saturated carbocycles. The van der Waals surface area contributed by atoms with E-state index in [1.807, 2.05) is 0 Å². The van der Waals surface area contributed by atoms with E-state index in [0.717, 1.165) is 24.3 Å². The molecular weight excluding hydrogens is 299 g/mol. The van der Waals surface area contributed by atoms with Gasteiger partial charge in [-0.3, -0.25) is 4.79 Å². The number of hydrogen-bond acceptors (Lipinski definition) is 3. The molecule has 0 spiro atoms. The molecule has 1 atom stereocenters. The summed E-state index contributed by atoms with van der Waals surface area (Å²) in [6, 6.07) is 3.73. The van der Waals surface area contributed by atoms with Crippen molar-refractivity contribution in [2.75, 3.05) is 0 Å². The quantitative estimate of drug-likeness (QED) is 0.871. The van der Waals surface area contributed by atoms with Crippen molar-refractivity contribution in [3.05, 3.63) is 35.6 Å². The lowest BCUT2D eigenvalue weighted by molar-refractivity contribution is -0.164. The highest BCUT2D eigenvalue weighted by Gasteiger charge is 2.53. The van der Waals surface area contributed by atoms with Gasteiger partial charge in [0.15, 0.2) is 0 Å². The van der Waals surface area contributed by atoms with E-state index >= 15 is 0 Å². The van der Waals surface area contributed by atoms with Gasteiger partial charge in [0, 0.05) is 12.0 Å². The smallest absolute Gasteiger partial charge is 0.287 e. The molecule has 1 aliphatic heterocycles. The molecule has 1 aromatic carbocycles. The number of hydrogen-bond donors (Lipinski definition) is 1. The molecule has 0 fully saturated rings. The zero-order valence-corrected chi connectivity index (χ0v) is 10.3. The maximum atomic E-state index is 12.9. The molecule has 0 aromatic heterocycles. The number of benzene rings is 1. The summed E-state index contributed by atoms with van der Waals surface area (Å²) in [5.74, 6) is -1.90. The first-order chi connectivity index (χ1) is 9.75. The van der Waals surface area contributed by atoms with E-state index in [9.17, 15) is 31.9 Å². The third-order valence-corrected chi connectivity index (χ3v) is 2.92. The highest BCUT2D eigenvalue weighted by Crippen LogP contribution is 2.34. The van der Waals surface area contributed by atoms with E-state index in [2.05, 4.69) is 5.10 Å². The van der Waals surface area contributed by atoms with Crippen molar-refractivity contribution in [2.45, 2.75) is 25.0 Å². The second kappa shape index (κ2) is 5.40. The Morgan fingerprint density at radius 1 is 1.24 bits per heavy atom. The number of nitrogens with zero attached hydrogens (tertiary/aromatic N) is 2. The molecule has 21 heavy (non-hydrogen) atoms. The van der Waals surface area contributed by atoms with Gasteiger partial charge in [-0.1, -0.05) is 0 Å². The lowest BCUT2D eigenvalue weighted by Gasteiger charge is -2.29. The van der Waals surface area contributed by atoms with E-state index in [1.165, 1.54) is 0 Å². The minimum absolute atomic E-state index is 0.0770. The first kappa shape index (κ1) is 15.4. The highest BCUT2D eigenvalue weighted by atomic mass is 19.3. The molecule has 0 saturated heterocycles. The summed E-state index contributed by atoms with van der Waals surface area (Å²) in [6.45, 7) is 0. The van der Waals surface area contributed by atoms with Gasteiger partial charge in [-0.15, -0.1) is 0 Å². The highest BCUT2D eigenvalue weighted by molar-refractivity contribution is 5.99. The standard InChI is InChI=1S/C12H9F5N2O2/c13-7-3-1-6(2-4-7)10(20)19-12(21,11(16)17)5-8(18-19)9(14)15/h1-4,9,11,21H,5H2. The molecule has 2 rings (SSSR count). The third kappa shape index (κ3) is 2.73. The SMILES string of the molecule is O=C(c1ccc(F)cc1)N1N=C(C(F)F)CC1(O)C(F)F. The number of rotatable bonds is 3. The van der Waals surface area contributed by atoms with Gasteiger partial charge < -0.3 is 5.11 Å². The number of carbonyl (C=O) groups is 1. The van der Waals surface area contributed by atoms with Crippen LogP contribution in [0.15, 0.2) is 29.4 Å². The summed E-state index contributed by atoms with van der Waals surface area (Å²) < 4.78 is 63.7. The molecule has 114 valence electrons. The molecule has 1 N–H and O–H groups in total. The fourth-order valence-corrected chi connectivity index (χ4v) is 1.82. The molecule has 1 aromatic rings. The van der Waals surface area contributed by atoms with Gasteiger partial charge in [-0.05, 0) is 24.3 Å². The van der Waals surface area contributed by atoms with Crippen LogP contribution >= 0.6 is 0 Å². The van der Waals surface area contributed by atoms with Crippen molar-refractivity contribution >= 4 is 11.6 Å². The zero-order chi connectivity index (χ0) is 15.8. The molecule has 1 aliphatic rings. The van der Waals surface area contributed by atoms with Crippen molar-refractivity contribution in [3.63, 3.8) is 0 Å². The largest absolute Gasteiger partial charge is 0.364 e. The predicted octanol–water partition coefficient (Wildman–Crippen LogP) is 2.25. The average molecular weight is 308 g/mol. The topological polar surface area (TPSA) is 52.9 Å². The van der Waals surface area contributed by atoms with Crippen LogP contribution in [0, 0.1) is 5.82 Å². The molecule has 1 amide bonds. The molecule has 0 aliphatic carbocycles. The van der Waals surface area contributed by atoms with Crippen molar-refractivity contribution in [2.24, 2.45) is 5.10 Å². The van der Waals surface area contributed by atoms with E-state index < -0.39 is 42.4 Å². The first-order valence-electron chi connectivity index (χ1n) is 5.72. The normalized spacial score (nSPS) is 22.1. The van der Waals surface area contributed by atoms with Gasteiger partial charge in [-0.25, -0.2) is 22.0 Å². The number of hydrazone groups is 1. The molecule has 0 radical (unpaired) electrons. The molecule has 1 unspecified atom stereocenters. The van der Waals surface area contributed by atoms with Crippen LogP contribution in [0.4, 0.5) is 22.0 Å². The second-order valence-corrected chi connectivity index (χ2v) is 4.37. The predicted molar refractivity (Wildman–Crippen MR) is 61.6 cm³/mol. The Bertz CT molecular complexity index is 576. The van der Waals surface area contributed by atoms with Crippen LogP contribution in [-0.4, -0.2) is 40.3 Å². The number of carbonyl (C=O) groups excluding carboxylic acids is 1. The molecule has 4 nitrogen and oxygen atoms in total. The van der Waals surface area contributed by atoms with Crippen LogP contribution in [0.25, 0.3) is 0 Å². The van der Waals surface area contributed by atoms with Gasteiger partial charge in [0.25, 0.3) is 18.8 Å². The van der Waals surface area contributed by atoms with Crippen molar-refractivity contribution < 1.29 is 31.9 Å². The number of halogens is 5. The van der Waals surface area contributed by atoms with Crippen LogP contribution in [0.2, 0.25) is 0 Å². The fraction of sp³-hybridized carbons (Fsp3) is 0.333. The summed E-state index contributed by atoms with van der Waals surface area (Å²) in [7, 11) is 0. The van der Waals surface area contributed by atoms with Crippen LogP contribution < -0.4 is 0 Å². The summed E-state index contributed by atoms with van der Waals surface area (Å²) >= 11 is 0.